The fourth-order valence-electron chi connectivity index (χ4n) is 5.05. The van der Waals surface area contributed by atoms with E-state index in [1.807, 2.05) is 19.1 Å². The van der Waals surface area contributed by atoms with E-state index in [1.54, 1.807) is 35.2 Å². The number of piperidine rings is 1. The number of fused-ring (bicyclic) bond motifs is 3. The normalized spacial score (nSPS) is 17.9. The van der Waals surface area contributed by atoms with Gasteiger partial charge in [0.2, 0.25) is 0 Å². The van der Waals surface area contributed by atoms with Gasteiger partial charge in [-0.05, 0) is 60.9 Å². The van der Waals surface area contributed by atoms with Gasteiger partial charge in [-0.15, -0.1) is 0 Å². The molecule has 3 N–H and O–H groups in total. The first-order valence-electron chi connectivity index (χ1n) is 12.1. The molecule has 2 aliphatic heterocycles. The lowest BCUT2D eigenvalue weighted by atomic mass is 9.93. The third-order valence-corrected chi connectivity index (χ3v) is 7.10. The molecule has 5 rings (SSSR count). The number of amides is 3. The molecule has 1 fully saturated rings. The Morgan fingerprint density at radius 2 is 1.72 bits per heavy atom. The molecule has 186 valence electrons. The van der Waals surface area contributed by atoms with Gasteiger partial charge in [0.25, 0.3) is 17.7 Å². The van der Waals surface area contributed by atoms with Crippen LogP contribution in [-0.2, 0) is 9.53 Å². The molecule has 0 radical (unpaired) electrons. The van der Waals surface area contributed by atoms with Gasteiger partial charge in [-0.1, -0.05) is 6.92 Å². The molecule has 0 saturated carbocycles. The molecular weight excluding hydrogens is 460 g/mol. The number of rotatable bonds is 4. The predicted molar refractivity (Wildman–Crippen MR) is 134 cm³/mol. The van der Waals surface area contributed by atoms with Gasteiger partial charge >= 0.3 is 5.97 Å². The highest BCUT2D eigenvalue weighted by Gasteiger charge is 2.29. The van der Waals surface area contributed by atoms with E-state index in [2.05, 4.69) is 15.6 Å². The average Bonchev–Trinajstić information content (AvgIpc) is 3.30. The molecule has 1 atom stereocenters. The van der Waals surface area contributed by atoms with Gasteiger partial charge in [0.1, 0.15) is 5.69 Å². The monoisotopic (exact) mass is 488 g/mol. The van der Waals surface area contributed by atoms with Gasteiger partial charge < -0.3 is 25.3 Å². The maximum Gasteiger partial charge on any atom is 0.308 e. The second-order valence-electron chi connectivity index (χ2n) is 9.41. The Morgan fingerprint density at radius 1 is 1.03 bits per heavy atom. The Kier molecular flexibility index (Phi) is 6.22. The summed E-state index contributed by atoms with van der Waals surface area (Å²) in [5.41, 5.74) is 3.88. The first kappa shape index (κ1) is 23.6. The minimum atomic E-state index is -0.274. The molecule has 9 heteroatoms. The number of anilines is 1. The summed E-state index contributed by atoms with van der Waals surface area (Å²) in [5.74, 6) is -0.750. The van der Waals surface area contributed by atoms with Crippen molar-refractivity contribution < 1.29 is 23.9 Å². The summed E-state index contributed by atoms with van der Waals surface area (Å²) in [6.07, 6.45) is 1.18. The molecule has 3 amide bonds. The predicted octanol–water partition coefficient (Wildman–Crippen LogP) is 3.29. The van der Waals surface area contributed by atoms with Crippen molar-refractivity contribution in [2.45, 2.75) is 25.7 Å². The fraction of sp³-hybridized carbons (Fsp3) is 0.333. The Morgan fingerprint density at radius 3 is 2.42 bits per heavy atom. The summed E-state index contributed by atoms with van der Waals surface area (Å²) in [6, 6.07) is 12.1. The van der Waals surface area contributed by atoms with E-state index in [1.165, 1.54) is 7.11 Å². The first-order valence-corrected chi connectivity index (χ1v) is 12.1. The first-order chi connectivity index (χ1) is 17.4. The number of hydrogen-bond acceptors (Lipinski definition) is 5. The number of methoxy groups -OCH3 is 1. The largest absolute Gasteiger partial charge is 0.469 e. The number of benzene rings is 2. The van der Waals surface area contributed by atoms with Crippen molar-refractivity contribution in [1.29, 1.82) is 0 Å². The highest BCUT2D eigenvalue weighted by atomic mass is 16.5. The van der Waals surface area contributed by atoms with Crippen molar-refractivity contribution >= 4 is 40.3 Å². The molecular formula is C27H28N4O5. The van der Waals surface area contributed by atoms with Crippen LogP contribution < -0.4 is 10.6 Å². The molecule has 36 heavy (non-hydrogen) atoms. The third kappa shape index (κ3) is 4.32. The second-order valence-corrected chi connectivity index (χ2v) is 9.41. The lowest BCUT2D eigenvalue weighted by molar-refractivity contribution is -0.146. The Labute approximate surface area is 208 Å². The van der Waals surface area contributed by atoms with Crippen molar-refractivity contribution in [2.24, 2.45) is 5.92 Å². The van der Waals surface area contributed by atoms with E-state index in [0.717, 1.165) is 16.5 Å². The van der Waals surface area contributed by atoms with Crippen molar-refractivity contribution in [3.05, 3.63) is 64.8 Å². The highest BCUT2D eigenvalue weighted by Crippen LogP contribution is 2.32. The number of esters is 1. The smallest absolute Gasteiger partial charge is 0.308 e. The van der Waals surface area contributed by atoms with Gasteiger partial charge in [-0.3, -0.25) is 19.2 Å². The Bertz CT molecular complexity index is 1350. The number of carbonyl (C=O) groups is 4. The quantitative estimate of drug-likeness (QED) is 0.487. The topological polar surface area (TPSA) is 121 Å². The molecule has 3 heterocycles. The van der Waals surface area contributed by atoms with Crippen molar-refractivity contribution in [3.8, 4) is 0 Å². The summed E-state index contributed by atoms with van der Waals surface area (Å²) in [7, 11) is 1.38. The van der Waals surface area contributed by atoms with Crippen LogP contribution in [0.1, 0.15) is 62.5 Å². The summed E-state index contributed by atoms with van der Waals surface area (Å²) in [5, 5.41) is 6.62. The van der Waals surface area contributed by atoms with Gasteiger partial charge in [0.05, 0.1) is 13.0 Å². The zero-order valence-corrected chi connectivity index (χ0v) is 20.2. The standard InChI is InChI=1S/C27H28N4O5/c1-15-14-28-25(33)23-22(15)20-13-18(5-8-21(20)30-23)24(32)29-19-6-3-16(4-7-19)26(34)31-11-9-17(10-12-31)27(35)36-2/h3-8,13,15,17,30H,9-12,14H2,1-2H3,(H,28,33)(H,29,32). The number of H-pyrrole nitrogens is 1. The van der Waals surface area contributed by atoms with Crippen LogP contribution in [0.15, 0.2) is 42.5 Å². The molecule has 0 aliphatic carbocycles. The number of nitrogens with zero attached hydrogens (tertiary/aromatic N) is 1. The zero-order valence-electron chi connectivity index (χ0n) is 20.2. The minimum Gasteiger partial charge on any atom is -0.469 e. The third-order valence-electron chi connectivity index (χ3n) is 7.10. The van der Waals surface area contributed by atoms with Gasteiger partial charge in [0, 0.05) is 53.3 Å². The van der Waals surface area contributed by atoms with Crippen molar-refractivity contribution in [3.63, 3.8) is 0 Å². The molecule has 9 nitrogen and oxygen atoms in total. The van der Waals surface area contributed by atoms with Gasteiger partial charge in [-0.25, -0.2) is 0 Å². The molecule has 2 aromatic carbocycles. The summed E-state index contributed by atoms with van der Waals surface area (Å²) < 4.78 is 4.80. The van der Waals surface area contributed by atoms with Crippen molar-refractivity contribution in [2.75, 3.05) is 32.1 Å². The Balaban J connectivity index is 1.26. The number of likely N-dealkylation sites (tertiary alicyclic amines) is 1. The number of nitrogens with one attached hydrogen (secondary N) is 3. The summed E-state index contributed by atoms with van der Waals surface area (Å²) in [6.45, 7) is 3.61. The van der Waals surface area contributed by atoms with Crippen LogP contribution in [0.5, 0.6) is 0 Å². The highest BCUT2D eigenvalue weighted by molar-refractivity contribution is 6.08. The Hall–Kier alpha value is -4.14. The van der Waals surface area contributed by atoms with E-state index in [0.29, 0.717) is 55.0 Å². The van der Waals surface area contributed by atoms with E-state index < -0.39 is 0 Å². The molecule has 3 aromatic rings. The van der Waals surface area contributed by atoms with Gasteiger partial charge in [-0.2, -0.15) is 0 Å². The number of hydrogen-bond donors (Lipinski definition) is 3. The number of ether oxygens (including phenoxy) is 1. The minimum absolute atomic E-state index is 0.1000. The maximum atomic E-state index is 13.0. The fourth-order valence-corrected chi connectivity index (χ4v) is 5.05. The van der Waals surface area contributed by atoms with E-state index in [9.17, 15) is 19.2 Å². The molecule has 2 aliphatic rings. The van der Waals surface area contributed by atoms with Crippen LogP contribution in [0.2, 0.25) is 0 Å². The SMILES string of the molecule is COC(=O)C1CCN(C(=O)c2ccc(NC(=O)c3ccc4[nH]c5c(c4c3)C(C)CNC5=O)cc2)CC1. The molecule has 0 bridgehead atoms. The van der Waals surface area contributed by atoms with Crippen LogP contribution in [0, 0.1) is 5.92 Å². The molecule has 1 aromatic heterocycles. The number of aromatic amines is 1. The van der Waals surface area contributed by atoms with E-state index >= 15 is 0 Å². The molecule has 1 saturated heterocycles. The maximum absolute atomic E-state index is 13.0. The molecule has 0 spiro atoms. The van der Waals surface area contributed by atoms with Crippen LogP contribution in [0.25, 0.3) is 10.9 Å². The van der Waals surface area contributed by atoms with E-state index in [-0.39, 0.29) is 35.5 Å². The van der Waals surface area contributed by atoms with Crippen LogP contribution in [-0.4, -0.2) is 60.3 Å². The van der Waals surface area contributed by atoms with E-state index in [4.69, 9.17) is 4.74 Å². The summed E-state index contributed by atoms with van der Waals surface area (Å²) in [4.78, 5) is 54.6. The van der Waals surface area contributed by atoms with Crippen LogP contribution in [0.3, 0.4) is 0 Å². The summed E-state index contributed by atoms with van der Waals surface area (Å²) >= 11 is 0. The van der Waals surface area contributed by atoms with Crippen LogP contribution in [0.4, 0.5) is 5.69 Å². The van der Waals surface area contributed by atoms with Gasteiger partial charge in [0.15, 0.2) is 0 Å². The molecule has 1 unspecified atom stereocenters. The number of aromatic nitrogens is 1. The zero-order chi connectivity index (χ0) is 25.4. The van der Waals surface area contributed by atoms with Crippen molar-refractivity contribution in [1.82, 2.24) is 15.2 Å². The van der Waals surface area contributed by atoms with Crippen LogP contribution >= 0.6 is 0 Å². The lowest BCUT2D eigenvalue weighted by Gasteiger charge is -2.30. The lowest BCUT2D eigenvalue weighted by Crippen LogP contribution is -2.40. The number of carbonyl (C=O) groups excluding carboxylic acids is 4. The second kappa shape index (κ2) is 9.49. The average molecular weight is 489 g/mol.